The maximum Gasteiger partial charge on any atom is 0.0681 e. The van der Waals surface area contributed by atoms with Gasteiger partial charge in [-0.1, -0.05) is 24.3 Å². The van der Waals surface area contributed by atoms with Crippen LogP contribution in [0.2, 0.25) is 0 Å². The Morgan fingerprint density at radius 3 is 2.64 bits per heavy atom. The van der Waals surface area contributed by atoms with Crippen molar-refractivity contribution in [3.8, 4) is 0 Å². The number of aliphatic hydroxyl groups is 2. The minimum absolute atomic E-state index is 0.0878. The van der Waals surface area contributed by atoms with E-state index in [1.807, 2.05) is 24.3 Å². The van der Waals surface area contributed by atoms with Gasteiger partial charge in [0.15, 0.2) is 0 Å². The molecule has 3 nitrogen and oxygen atoms in total. The van der Waals surface area contributed by atoms with Crippen LogP contribution in [0.25, 0.3) is 0 Å². The highest BCUT2D eigenvalue weighted by Crippen LogP contribution is 2.04. The fourth-order valence-corrected chi connectivity index (χ4v) is 1.27. The zero-order valence-corrected chi connectivity index (χ0v) is 8.24. The van der Waals surface area contributed by atoms with Crippen LogP contribution in [-0.4, -0.2) is 23.4 Å². The number of rotatable bonds is 6. The zero-order chi connectivity index (χ0) is 10.2. The number of nitrogens with one attached hydrogen (secondary N) is 1. The molecule has 0 aromatic heterocycles. The molecule has 0 saturated carbocycles. The molecule has 0 radical (unpaired) electrons. The average molecular weight is 195 g/mol. The molecule has 0 fully saturated rings. The third-order valence-electron chi connectivity index (χ3n) is 2.01. The molecule has 0 unspecified atom stereocenters. The average Bonchev–Trinajstić information content (AvgIpc) is 2.25. The molecule has 78 valence electrons. The largest absolute Gasteiger partial charge is 0.396 e. The summed E-state index contributed by atoms with van der Waals surface area (Å²) >= 11 is 0. The summed E-state index contributed by atoms with van der Waals surface area (Å²) in [4.78, 5) is 0. The summed E-state index contributed by atoms with van der Waals surface area (Å²) in [6.07, 6.45) is 0.777. The molecule has 0 heterocycles. The third-order valence-corrected chi connectivity index (χ3v) is 2.01. The van der Waals surface area contributed by atoms with Crippen LogP contribution in [0.4, 0.5) is 0 Å². The van der Waals surface area contributed by atoms with Gasteiger partial charge in [-0.3, -0.25) is 0 Å². The second kappa shape index (κ2) is 6.54. The molecule has 0 aliphatic heterocycles. The maximum atomic E-state index is 8.92. The van der Waals surface area contributed by atoms with Gasteiger partial charge in [0.05, 0.1) is 6.61 Å². The Morgan fingerprint density at radius 1 is 1.14 bits per heavy atom. The summed E-state index contributed by atoms with van der Waals surface area (Å²) in [5, 5.41) is 20.7. The topological polar surface area (TPSA) is 52.5 Å². The van der Waals surface area contributed by atoms with Gasteiger partial charge in [0.25, 0.3) is 0 Å². The van der Waals surface area contributed by atoms with E-state index in [9.17, 15) is 0 Å². The Morgan fingerprint density at radius 2 is 1.93 bits per heavy atom. The molecule has 0 aliphatic carbocycles. The van der Waals surface area contributed by atoms with Crippen LogP contribution in [0.5, 0.6) is 0 Å². The molecule has 0 spiro atoms. The normalized spacial score (nSPS) is 10.4. The predicted octanol–water partition coefficient (Wildman–Crippen LogP) is 0.651. The zero-order valence-electron chi connectivity index (χ0n) is 8.24. The molecule has 1 aromatic rings. The molecular weight excluding hydrogens is 178 g/mol. The van der Waals surface area contributed by atoms with E-state index in [2.05, 4.69) is 5.32 Å². The van der Waals surface area contributed by atoms with Crippen molar-refractivity contribution in [3.63, 3.8) is 0 Å². The van der Waals surface area contributed by atoms with Crippen molar-refractivity contribution >= 4 is 0 Å². The molecule has 0 bridgehead atoms. The van der Waals surface area contributed by atoms with Gasteiger partial charge in [-0.25, -0.2) is 0 Å². The first kappa shape index (κ1) is 11.2. The second-order valence-electron chi connectivity index (χ2n) is 3.23. The quantitative estimate of drug-likeness (QED) is 0.584. The van der Waals surface area contributed by atoms with E-state index in [1.165, 1.54) is 0 Å². The van der Waals surface area contributed by atoms with E-state index in [-0.39, 0.29) is 13.2 Å². The molecule has 0 atom stereocenters. The third kappa shape index (κ3) is 3.87. The van der Waals surface area contributed by atoms with Gasteiger partial charge in [0.2, 0.25) is 0 Å². The summed E-state index contributed by atoms with van der Waals surface area (Å²) in [7, 11) is 0. The van der Waals surface area contributed by atoms with Gasteiger partial charge in [-0.05, 0) is 24.1 Å². The monoisotopic (exact) mass is 195 g/mol. The molecule has 3 N–H and O–H groups in total. The summed E-state index contributed by atoms with van der Waals surface area (Å²) in [5.41, 5.74) is 2.10. The molecule has 1 aromatic carbocycles. The predicted molar refractivity (Wildman–Crippen MR) is 55.8 cm³/mol. The summed E-state index contributed by atoms with van der Waals surface area (Å²) in [5.74, 6) is 0. The second-order valence-corrected chi connectivity index (χ2v) is 3.23. The molecule has 1 rings (SSSR count). The van der Waals surface area contributed by atoms with Crippen molar-refractivity contribution in [2.75, 3.05) is 13.2 Å². The lowest BCUT2D eigenvalue weighted by atomic mass is 10.1. The fraction of sp³-hybridized carbons (Fsp3) is 0.455. The summed E-state index contributed by atoms with van der Waals surface area (Å²) in [6.45, 7) is 1.92. The number of aliphatic hydroxyl groups excluding tert-OH is 2. The first-order valence-electron chi connectivity index (χ1n) is 4.87. The highest BCUT2D eigenvalue weighted by molar-refractivity contribution is 5.22. The summed E-state index contributed by atoms with van der Waals surface area (Å²) in [6, 6.07) is 7.84. The maximum absolute atomic E-state index is 8.92. The van der Waals surface area contributed by atoms with Crippen LogP contribution in [0, 0.1) is 0 Å². The number of benzene rings is 1. The van der Waals surface area contributed by atoms with Crippen LogP contribution in [-0.2, 0) is 13.2 Å². The van der Waals surface area contributed by atoms with Crippen LogP contribution in [0.3, 0.4) is 0 Å². The molecule has 0 aliphatic rings. The Bertz CT molecular complexity index is 263. The smallest absolute Gasteiger partial charge is 0.0681 e. The van der Waals surface area contributed by atoms with Crippen molar-refractivity contribution in [1.82, 2.24) is 5.32 Å². The highest BCUT2D eigenvalue weighted by Gasteiger charge is 1.94. The minimum Gasteiger partial charge on any atom is -0.396 e. The van der Waals surface area contributed by atoms with Gasteiger partial charge in [0, 0.05) is 13.2 Å². The van der Waals surface area contributed by atoms with E-state index in [4.69, 9.17) is 10.2 Å². The lowest BCUT2D eigenvalue weighted by Crippen LogP contribution is -2.15. The standard InChI is InChI=1S/C11H17NO2/c13-6-2-5-12-8-10-3-1-4-11(7-10)9-14/h1,3-4,7,12-14H,2,5-6,8-9H2. The summed E-state index contributed by atoms with van der Waals surface area (Å²) < 4.78 is 0. The molecule has 14 heavy (non-hydrogen) atoms. The number of hydrogen-bond donors (Lipinski definition) is 3. The van der Waals surface area contributed by atoms with Gasteiger partial charge in [-0.15, -0.1) is 0 Å². The first-order valence-corrected chi connectivity index (χ1v) is 4.87. The fourth-order valence-electron chi connectivity index (χ4n) is 1.27. The van der Waals surface area contributed by atoms with E-state index >= 15 is 0 Å². The van der Waals surface area contributed by atoms with Crippen LogP contribution < -0.4 is 5.32 Å². The van der Waals surface area contributed by atoms with Crippen molar-refractivity contribution in [2.45, 2.75) is 19.6 Å². The van der Waals surface area contributed by atoms with Crippen molar-refractivity contribution in [3.05, 3.63) is 35.4 Å². The number of hydrogen-bond acceptors (Lipinski definition) is 3. The minimum atomic E-state index is 0.0878. The Hall–Kier alpha value is -0.900. The van der Waals surface area contributed by atoms with Gasteiger partial charge in [-0.2, -0.15) is 0 Å². The lowest BCUT2D eigenvalue weighted by Gasteiger charge is -2.05. The lowest BCUT2D eigenvalue weighted by molar-refractivity contribution is 0.281. The van der Waals surface area contributed by atoms with Crippen LogP contribution in [0.1, 0.15) is 17.5 Å². The van der Waals surface area contributed by atoms with E-state index in [0.717, 1.165) is 30.6 Å². The van der Waals surface area contributed by atoms with Crippen molar-refractivity contribution < 1.29 is 10.2 Å². The van der Waals surface area contributed by atoms with Crippen LogP contribution in [0.15, 0.2) is 24.3 Å². The Labute approximate surface area is 84.4 Å². The highest BCUT2D eigenvalue weighted by atomic mass is 16.3. The van der Waals surface area contributed by atoms with Gasteiger partial charge in [0.1, 0.15) is 0 Å². The van der Waals surface area contributed by atoms with Crippen LogP contribution >= 0.6 is 0 Å². The Kier molecular flexibility index (Phi) is 5.22. The van der Waals surface area contributed by atoms with Crippen molar-refractivity contribution in [1.29, 1.82) is 0 Å². The van der Waals surface area contributed by atoms with Gasteiger partial charge >= 0.3 is 0 Å². The SMILES string of the molecule is OCCCNCc1cccc(CO)c1. The van der Waals surface area contributed by atoms with Crippen molar-refractivity contribution in [2.24, 2.45) is 0 Å². The van der Waals surface area contributed by atoms with E-state index in [0.29, 0.717) is 0 Å². The first-order chi connectivity index (χ1) is 6.86. The van der Waals surface area contributed by atoms with Gasteiger partial charge < -0.3 is 15.5 Å². The van der Waals surface area contributed by atoms with E-state index in [1.54, 1.807) is 0 Å². The molecular formula is C11H17NO2. The Balaban J connectivity index is 2.34. The van der Waals surface area contributed by atoms with E-state index < -0.39 is 0 Å². The molecule has 3 heteroatoms. The molecule has 0 amide bonds. The molecule has 0 saturated heterocycles.